The third-order valence-corrected chi connectivity index (χ3v) is 4.25. The number of anilines is 1. The summed E-state index contributed by atoms with van der Waals surface area (Å²) in [6.45, 7) is 2.05. The molecule has 0 amide bonds. The predicted molar refractivity (Wildman–Crippen MR) is 82.8 cm³/mol. The summed E-state index contributed by atoms with van der Waals surface area (Å²) in [4.78, 5) is 2.41. The lowest BCUT2D eigenvalue weighted by atomic mass is 9.87. The molecule has 1 saturated heterocycles. The number of aliphatic hydroxyl groups is 1. The van der Waals surface area contributed by atoms with Crippen molar-refractivity contribution in [1.82, 2.24) is 0 Å². The van der Waals surface area contributed by atoms with Gasteiger partial charge in [-0.3, -0.25) is 0 Å². The highest BCUT2D eigenvalue weighted by Crippen LogP contribution is 2.32. The van der Waals surface area contributed by atoms with Gasteiger partial charge in [-0.2, -0.15) is 0 Å². The van der Waals surface area contributed by atoms with Gasteiger partial charge < -0.3 is 10.0 Å². The fourth-order valence-electron chi connectivity index (χ4n) is 3.03. The number of rotatable bonds is 3. The van der Waals surface area contributed by atoms with E-state index < -0.39 is 0 Å². The molecule has 0 aliphatic carbocycles. The van der Waals surface area contributed by atoms with E-state index in [-0.39, 0.29) is 6.10 Å². The minimum Gasteiger partial charge on any atom is -0.388 e. The Morgan fingerprint density at radius 2 is 1.40 bits per heavy atom. The highest BCUT2D eigenvalue weighted by atomic mass is 16.3. The lowest BCUT2D eigenvalue weighted by Crippen LogP contribution is -2.35. The Bertz CT molecular complexity index is 518. The van der Waals surface area contributed by atoms with Crippen molar-refractivity contribution in [3.63, 3.8) is 0 Å². The Morgan fingerprint density at radius 3 is 2.00 bits per heavy atom. The number of hydrogen-bond acceptors (Lipinski definition) is 2. The molecule has 1 fully saturated rings. The van der Waals surface area contributed by atoms with Gasteiger partial charge in [0.1, 0.15) is 0 Å². The normalized spacial score (nSPS) is 17.9. The molecule has 0 aromatic heterocycles. The van der Waals surface area contributed by atoms with Crippen molar-refractivity contribution in [2.24, 2.45) is 5.92 Å². The van der Waals surface area contributed by atoms with Crippen LogP contribution in [-0.4, -0.2) is 18.2 Å². The zero-order valence-electron chi connectivity index (χ0n) is 11.7. The van der Waals surface area contributed by atoms with Gasteiger partial charge in [0.15, 0.2) is 0 Å². The maximum absolute atomic E-state index is 10.5. The van der Waals surface area contributed by atoms with Gasteiger partial charge >= 0.3 is 0 Å². The quantitative estimate of drug-likeness (QED) is 0.918. The summed E-state index contributed by atoms with van der Waals surface area (Å²) < 4.78 is 0. The lowest BCUT2D eigenvalue weighted by Gasteiger charge is -2.35. The second-order valence-corrected chi connectivity index (χ2v) is 5.52. The van der Waals surface area contributed by atoms with Gasteiger partial charge in [-0.25, -0.2) is 0 Å². The van der Waals surface area contributed by atoms with Gasteiger partial charge in [-0.15, -0.1) is 0 Å². The summed E-state index contributed by atoms with van der Waals surface area (Å²) >= 11 is 0. The molecule has 2 nitrogen and oxygen atoms in total. The largest absolute Gasteiger partial charge is 0.388 e. The Balaban J connectivity index is 1.61. The van der Waals surface area contributed by atoms with Crippen LogP contribution in [0, 0.1) is 5.92 Å². The first kappa shape index (κ1) is 13.2. The molecule has 0 saturated carbocycles. The summed E-state index contributed by atoms with van der Waals surface area (Å²) in [5.41, 5.74) is 2.34. The number of benzene rings is 2. The Kier molecular flexibility index (Phi) is 4.03. The summed E-state index contributed by atoms with van der Waals surface area (Å²) in [6.07, 6.45) is 1.77. The summed E-state index contributed by atoms with van der Waals surface area (Å²) in [7, 11) is 0. The van der Waals surface area contributed by atoms with Crippen LogP contribution >= 0.6 is 0 Å². The standard InChI is InChI=1S/C18H21NO/c20-18(15-7-3-1-4-8-15)16-11-13-19(14-12-16)17-9-5-2-6-10-17/h1-10,16,18,20H,11-14H2. The molecule has 2 heteroatoms. The van der Waals surface area contributed by atoms with Crippen LogP contribution in [0.5, 0.6) is 0 Å². The van der Waals surface area contributed by atoms with Crippen LogP contribution in [0.2, 0.25) is 0 Å². The second kappa shape index (κ2) is 6.10. The molecule has 104 valence electrons. The fourth-order valence-corrected chi connectivity index (χ4v) is 3.03. The molecule has 1 N–H and O–H groups in total. The average molecular weight is 267 g/mol. The molecule has 0 spiro atoms. The van der Waals surface area contributed by atoms with Crippen molar-refractivity contribution in [3.8, 4) is 0 Å². The minimum atomic E-state index is -0.325. The van der Waals surface area contributed by atoms with Crippen LogP contribution in [0.25, 0.3) is 0 Å². The second-order valence-electron chi connectivity index (χ2n) is 5.52. The molecule has 3 rings (SSSR count). The Hall–Kier alpha value is -1.80. The molecule has 1 aliphatic rings. The van der Waals surface area contributed by atoms with Crippen LogP contribution < -0.4 is 4.90 Å². The molecule has 1 heterocycles. The lowest BCUT2D eigenvalue weighted by molar-refractivity contribution is 0.0930. The van der Waals surface area contributed by atoms with Crippen molar-refractivity contribution in [3.05, 3.63) is 66.2 Å². The highest BCUT2D eigenvalue weighted by Gasteiger charge is 2.26. The van der Waals surface area contributed by atoms with Crippen molar-refractivity contribution in [2.75, 3.05) is 18.0 Å². The van der Waals surface area contributed by atoms with E-state index in [0.717, 1.165) is 31.5 Å². The van der Waals surface area contributed by atoms with Gasteiger partial charge in [-0.1, -0.05) is 48.5 Å². The molecular weight excluding hydrogens is 246 g/mol. The molecule has 2 aromatic carbocycles. The van der Waals surface area contributed by atoms with E-state index in [9.17, 15) is 5.11 Å². The summed E-state index contributed by atoms with van der Waals surface area (Å²) in [5.74, 6) is 0.373. The topological polar surface area (TPSA) is 23.5 Å². The number of hydrogen-bond donors (Lipinski definition) is 1. The first-order chi connectivity index (χ1) is 9.84. The Labute approximate surface area is 120 Å². The first-order valence-electron chi connectivity index (χ1n) is 7.37. The molecule has 1 aliphatic heterocycles. The molecule has 1 atom stereocenters. The average Bonchev–Trinajstić information content (AvgIpc) is 2.56. The van der Waals surface area contributed by atoms with E-state index in [1.165, 1.54) is 5.69 Å². The number of nitrogens with zero attached hydrogens (tertiary/aromatic N) is 1. The smallest absolute Gasteiger partial charge is 0.0819 e. The van der Waals surface area contributed by atoms with E-state index in [1.54, 1.807) is 0 Å². The van der Waals surface area contributed by atoms with Crippen LogP contribution in [0.15, 0.2) is 60.7 Å². The maximum atomic E-state index is 10.5. The summed E-state index contributed by atoms with van der Waals surface area (Å²) in [5, 5.41) is 10.5. The van der Waals surface area contributed by atoms with Crippen molar-refractivity contribution in [1.29, 1.82) is 0 Å². The minimum absolute atomic E-state index is 0.325. The molecular formula is C18H21NO. The molecule has 2 aromatic rings. The van der Waals surface area contributed by atoms with Gasteiger partial charge in [0.05, 0.1) is 6.10 Å². The Morgan fingerprint density at radius 1 is 0.850 bits per heavy atom. The number of piperidine rings is 1. The van der Waals surface area contributed by atoms with Gasteiger partial charge in [0, 0.05) is 18.8 Å². The van der Waals surface area contributed by atoms with E-state index >= 15 is 0 Å². The van der Waals surface area contributed by atoms with E-state index in [2.05, 4.69) is 35.2 Å². The third kappa shape index (κ3) is 2.86. The number of para-hydroxylation sites is 1. The fraction of sp³-hybridized carbons (Fsp3) is 0.333. The van der Waals surface area contributed by atoms with Crippen molar-refractivity contribution >= 4 is 5.69 Å². The molecule has 0 bridgehead atoms. The van der Waals surface area contributed by atoms with Gasteiger partial charge in [0.2, 0.25) is 0 Å². The zero-order chi connectivity index (χ0) is 13.8. The van der Waals surface area contributed by atoms with Gasteiger partial charge in [0.25, 0.3) is 0 Å². The van der Waals surface area contributed by atoms with Crippen LogP contribution in [0.3, 0.4) is 0 Å². The van der Waals surface area contributed by atoms with Crippen LogP contribution in [-0.2, 0) is 0 Å². The van der Waals surface area contributed by atoms with Crippen LogP contribution in [0.1, 0.15) is 24.5 Å². The van der Waals surface area contributed by atoms with E-state index in [0.29, 0.717) is 5.92 Å². The van der Waals surface area contributed by atoms with Gasteiger partial charge in [-0.05, 0) is 36.5 Å². The molecule has 0 radical (unpaired) electrons. The van der Waals surface area contributed by atoms with Crippen molar-refractivity contribution in [2.45, 2.75) is 18.9 Å². The van der Waals surface area contributed by atoms with Crippen LogP contribution in [0.4, 0.5) is 5.69 Å². The number of aliphatic hydroxyl groups excluding tert-OH is 1. The highest BCUT2D eigenvalue weighted by molar-refractivity contribution is 5.46. The van der Waals surface area contributed by atoms with Crippen molar-refractivity contribution < 1.29 is 5.11 Å². The third-order valence-electron chi connectivity index (χ3n) is 4.25. The summed E-state index contributed by atoms with van der Waals surface area (Å²) in [6, 6.07) is 20.6. The maximum Gasteiger partial charge on any atom is 0.0819 e. The van der Waals surface area contributed by atoms with E-state index in [4.69, 9.17) is 0 Å². The SMILES string of the molecule is OC(c1ccccc1)C1CCN(c2ccccc2)CC1. The first-order valence-corrected chi connectivity index (χ1v) is 7.37. The molecule has 20 heavy (non-hydrogen) atoms. The predicted octanol–water partition coefficient (Wildman–Crippen LogP) is 3.64. The zero-order valence-corrected chi connectivity index (χ0v) is 11.7. The van der Waals surface area contributed by atoms with E-state index in [1.807, 2.05) is 30.3 Å². The monoisotopic (exact) mass is 267 g/mol. The molecule has 1 unspecified atom stereocenters.